The van der Waals surface area contributed by atoms with Crippen LogP contribution in [0.4, 0.5) is 18.9 Å². The third kappa shape index (κ3) is 4.92. The van der Waals surface area contributed by atoms with Crippen LogP contribution in [-0.2, 0) is 15.1 Å². The lowest BCUT2D eigenvalue weighted by molar-refractivity contribution is -0.122. The van der Waals surface area contributed by atoms with E-state index < -0.39 is 35.4 Å². The summed E-state index contributed by atoms with van der Waals surface area (Å²) in [7, 11) is 0. The number of anilines is 1. The van der Waals surface area contributed by atoms with Gasteiger partial charge in [0, 0.05) is 17.4 Å². The summed E-state index contributed by atoms with van der Waals surface area (Å²) in [6.07, 6.45) is 1.44. The largest absolute Gasteiger partial charge is 0.483 e. The summed E-state index contributed by atoms with van der Waals surface area (Å²) in [6, 6.07) is 8.13. The normalized spacial score (nSPS) is 20.1. The number of aromatic nitrogens is 1. The third-order valence-electron chi connectivity index (χ3n) is 4.26. The van der Waals surface area contributed by atoms with E-state index in [4.69, 9.17) is 20.4 Å². The number of halogens is 3. The molecule has 0 radical (unpaired) electrons. The molecule has 11 heteroatoms. The Labute approximate surface area is 169 Å². The minimum absolute atomic E-state index is 0.123. The standard InChI is InChI=1S/C18H17F3N4O2.CH2O2/c1-17(18(20,21)10-27-9-15(22)25-17)12-8-11(5-6-13(12)19)24-16(26)14-4-2-3-7-23-14;2-1-3/h2-8H,9-10H2,1H3,(H2,22,25)(H,24,26);1H,(H,2,3). The molecule has 0 fully saturated rings. The number of benzene rings is 1. The molecule has 1 aromatic carbocycles. The van der Waals surface area contributed by atoms with Gasteiger partial charge in [-0.1, -0.05) is 6.07 Å². The molecule has 1 unspecified atom stereocenters. The molecule has 160 valence electrons. The Morgan fingerprint density at radius 3 is 2.67 bits per heavy atom. The van der Waals surface area contributed by atoms with Gasteiger partial charge in [-0.2, -0.15) is 0 Å². The quantitative estimate of drug-likeness (QED) is 0.650. The van der Waals surface area contributed by atoms with Crippen LogP contribution < -0.4 is 11.1 Å². The van der Waals surface area contributed by atoms with Crippen molar-refractivity contribution < 1.29 is 32.6 Å². The molecule has 3 rings (SSSR count). The summed E-state index contributed by atoms with van der Waals surface area (Å²) in [4.78, 5) is 28.3. The zero-order valence-corrected chi connectivity index (χ0v) is 15.8. The van der Waals surface area contributed by atoms with E-state index in [9.17, 15) is 18.0 Å². The molecule has 0 saturated heterocycles. The van der Waals surface area contributed by atoms with E-state index in [2.05, 4.69) is 15.3 Å². The van der Waals surface area contributed by atoms with Crippen molar-refractivity contribution in [3.8, 4) is 0 Å². The number of ether oxygens (including phenoxy) is 1. The Balaban J connectivity index is 0.00000101. The molecule has 2 aromatic rings. The lowest BCUT2D eigenvalue weighted by Crippen LogP contribution is -2.45. The van der Waals surface area contributed by atoms with Gasteiger partial charge in [-0.05, 0) is 37.3 Å². The SMILES string of the molecule is CC1(c2cc(NC(=O)c3ccccn3)ccc2F)N=C(N)COCC1(F)F.O=CO. The van der Waals surface area contributed by atoms with Crippen LogP contribution in [0.25, 0.3) is 0 Å². The molecule has 0 aliphatic carbocycles. The van der Waals surface area contributed by atoms with Crippen molar-refractivity contribution in [2.75, 3.05) is 18.5 Å². The van der Waals surface area contributed by atoms with Crippen molar-refractivity contribution in [2.45, 2.75) is 18.4 Å². The second-order valence-electron chi connectivity index (χ2n) is 6.34. The predicted molar refractivity (Wildman–Crippen MR) is 102 cm³/mol. The number of alkyl halides is 2. The fourth-order valence-corrected chi connectivity index (χ4v) is 2.75. The molecule has 0 saturated carbocycles. The maximum Gasteiger partial charge on any atom is 0.299 e. The van der Waals surface area contributed by atoms with Crippen molar-refractivity contribution in [1.82, 2.24) is 4.98 Å². The first kappa shape index (κ1) is 22.8. The van der Waals surface area contributed by atoms with E-state index in [1.165, 1.54) is 18.3 Å². The van der Waals surface area contributed by atoms with Crippen LogP contribution in [0.1, 0.15) is 23.0 Å². The van der Waals surface area contributed by atoms with E-state index in [1.807, 2.05) is 0 Å². The molecule has 1 atom stereocenters. The fraction of sp³-hybridized carbons (Fsp3) is 0.263. The Hall–Kier alpha value is -3.47. The van der Waals surface area contributed by atoms with Gasteiger partial charge in [0.1, 0.15) is 30.6 Å². The molecular weight excluding hydrogens is 405 g/mol. The van der Waals surface area contributed by atoms with Crippen LogP contribution in [0.3, 0.4) is 0 Å². The van der Waals surface area contributed by atoms with Gasteiger partial charge >= 0.3 is 0 Å². The number of aliphatic imine (C=N–C) groups is 1. The Bertz CT molecular complexity index is 941. The number of nitrogens with two attached hydrogens (primary N) is 1. The first-order valence-corrected chi connectivity index (χ1v) is 8.54. The van der Waals surface area contributed by atoms with Gasteiger partial charge < -0.3 is 20.9 Å². The van der Waals surface area contributed by atoms with Crippen LogP contribution in [0.15, 0.2) is 47.6 Å². The van der Waals surface area contributed by atoms with Gasteiger partial charge in [0.2, 0.25) is 0 Å². The van der Waals surface area contributed by atoms with E-state index in [0.717, 1.165) is 19.1 Å². The monoisotopic (exact) mass is 424 g/mol. The van der Waals surface area contributed by atoms with Crippen LogP contribution in [-0.4, -0.2) is 47.4 Å². The van der Waals surface area contributed by atoms with Crippen LogP contribution >= 0.6 is 0 Å². The van der Waals surface area contributed by atoms with E-state index >= 15 is 0 Å². The van der Waals surface area contributed by atoms with Gasteiger partial charge in [0.15, 0.2) is 5.54 Å². The fourth-order valence-electron chi connectivity index (χ4n) is 2.75. The molecule has 1 aliphatic heterocycles. The minimum atomic E-state index is -3.52. The van der Waals surface area contributed by atoms with Gasteiger partial charge in [0.25, 0.3) is 18.3 Å². The van der Waals surface area contributed by atoms with Crippen LogP contribution in [0, 0.1) is 5.82 Å². The molecule has 4 N–H and O–H groups in total. The highest BCUT2D eigenvalue weighted by atomic mass is 19.3. The summed E-state index contributed by atoms with van der Waals surface area (Å²) in [5.41, 5.74) is 3.17. The number of rotatable bonds is 3. The average molecular weight is 424 g/mol. The maximum atomic E-state index is 14.7. The van der Waals surface area contributed by atoms with Crippen molar-refractivity contribution in [1.29, 1.82) is 0 Å². The summed E-state index contributed by atoms with van der Waals surface area (Å²) in [5, 5.41) is 9.40. The Morgan fingerprint density at radius 2 is 2.03 bits per heavy atom. The van der Waals surface area contributed by atoms with Crippen molar-refractivity contribution >= 4 is 23.9 Å². The number of carbonyl (C=O) groups excluding carboxylic acids is 1. The molecular formula is C19H19F3N4O4. The predicted octanol–water partition coefficient (Wildman–Crippen LogP) is 2.41. The first-order valence-electron chi connectivity index (χ1n) is 8.54. The average Bonchev–Trinajstić information content (AvgIpc) is 2.80. The molecule has 1 amide bonds. The molecule has 0 bridgehead atoms. The second kappa shape index (κ2) is 9.35. The number of amides is 1. The van der Waals surface area contributed by atoms with Crippen molar-refractivity contribution in [3.05, 3.63) is 59.7 Å². The molecule has 1 aromatic heterocycles. The minimum Gasteiger partial charge on any atom is -0.483 e. The van der Waals surface area contributed by atoms with Gasteiger partial charge in [-0.15, -0.1) is 0 Å². The third-order valence-corrected chi connectivity index (χ3v) is 4.26. The molecule has 1 aliphatic rings. The molecule has 8 nitrogen and oxygen atoms in total. The summed E-state index contributed by atoms with van der Waals surface area (Å²) < 4.78 is 48.6. The van der Waals surface area contributed by atoms with Gasteiger partial charge in [-0.25, -0.2) is 13.2 Å². The topological polar surface area (TPSA) is 127 Å². The number of carbonyl (C=O) groups is 2. The maximum absolute atomic E-state index is 14.7. The van der Waals surface area contributed by atoms with Crippen molar-refractivity contribution in [3.63, 3.8) is 0 Å². The zero-order chi connectivity index (χ0) is 22.4. The number of amidine groups is 1. The van der Waals surface area contributed by atoms with Crippen molar-refractivity contribution in [2.24, 2.45) is 10.7 Å². The number of hydrogen-bond acceptors (Lipinski definition) is 6. The first-order chi connectivity index (χ1) is 14.1. The zero-order valence-electron chi connectivity index (χ0n) is 15.8. The van der Waals surface area contributed by atoms with Gasteiger partial charge in [0.05, 0.1) is 0 Å². The smallest absolute Gasteiger partial charge is 0.299 e. The van der Waals surface area contributed by atoms with Gasteiger partial charge in [-0.3, -0.25) is 19.6 Å². The number of pyridine rings is 1. The number of nitrogens with one attached hydrogen (secondary N) is 1. The lowest BCUT2D eigenvalue weighted by atomic mass is 9.85. The number of nitrogens with zero attached hydrogens (tertiary/aromatic N) is 2. The second-order valence-corrected chi connectivity index (χ2v) is 6.34. The highest BCUT2D eigenvalue weighted by molar-refractivity contribution is 6.02. The Kier molecular flexibility index (Phi) is 7.11. The Morgan fingerprint density at radius 1 is 1.33 bits per heavy atom. The molecule has 2 heterocycles. The van der Waals surface area contributed by atoms with E-state index in [0.29, 0.717) is 0 Å². The summed E-state index contributed by atoms with van der Waals surface area (Å²) in [6.45, 7) is -0.405. The number of hydrogen-bond donors (Lipinski definition) is 3. The highest BCUT2D eigenvalue weighted by Gasteiger charge is 2.54. The van der Waals surface area contributed by atoms with E-state index in [1.54, 1.807) is 12.1 Å². The van der Waals surface area contributed by atoms with Crippen LogP contribution in [0.2, 0.25) is 0 Å². The van der Waals surface area contributed by atoms with E-state index in [-0.39, 0.29) is 30.3 Å². The lowest BCUT2D eigenvalue weighted by Gasteiger charge is -2.33. The van der Waals surface area contributed by atoms with Crippen LogP contribution in [0.5, 0.6) is 0 Å². The molecule has 0 spiro atoms. The molecule has 30 heavy (non-hydrogen) atoms. The summed E-state index contributed by atoms with van der Waals surface area (Å²) >= 11 is 0. The highest BCUT2D eigenvalue weighted by Crippen LogP contribution is 2.44. The number of carboxylic acid groups (broad SMARTS) is 1. The summed E-state index contributed by atoms with van der Waals surface area (Å²) in [5.74, 6) is -5.14.